The quantitative estimate of drug-likeness (QED) is 0.0144. The van der Waals surface area contributed by atoms with Crippen LogP contribution in [0.25, 0.3) is 17.0 Å². The Hall–Kier alpha value is -9.31. The van der Waals surface area contributed by atoms with E-state index in [1.165, 1.54) is 11.8 Å². The van der Waals surface area contributed by atoms with Gasteiger partial charge in [-0.1, -0.05) is 155 Å². The van der Waals surface area contributed by atoms with Crippen LogP contribution in [-0.2, 0) is 76.9 Å². The van der Waals surface area contributed by atoms with Gasteiger partial charge in [0.25, 0.3) is 0 Å². The molecule has 5 rings (SSSR count). The second kappa shape index (κ2) is 33.8. The molecule has 4 aromatic carbocycles. The fourth-order valence-electron chi connectivity index (χ4n) is 11.2. The molecule has 22 heteroatoms. The van der Waals surface area contributed by atoms with E-state index in [4.69, 9.17) is 10.5 Å². The monoisotopic (exact) mass is 1280 g/mol. The number of fused-ring (bicyclic) bond motifs is 1. The van der Waals surface area contributed by atoms with Crippen molar-refractivity contribution < 1.29 is 53.0 Å². The highest BCUT2D eigenvalue weighted by atomic mass is 16.5. The number of anilines is 2. The smallest absolute Gasteiger partial charge is 0.407 e. The van der Waals surface area contributed by atoms with Gasteiger partial charge in [-0.05, 0) is 108 Å². The number of rotatable bonds is 32. The van der Waals surface area contributed by atoms with Crippen LogP contribution in [0.3, 0.4) is 0 Å². The summed E-state index contributed by atoms with van der Waals surface area (Å²) in [7, 11) is 5.22. The zero-order valence-corrected chi connectivity index (χ0v) is 56.5. The maximum Gasteiger partial charge on any atom is 0.407 e. The summed E-state index contributed by atoms with van der Waals surface area (Å²) in [6, 6.07) is 22.4. The fourth-order valence-corrected chi connectivity index (χ4v) is 11.2. The van der Waals surface area contributed by atoms with Gasteiger partial charge in [0, 0.05) is 73.8 Å². The number of benzene rings is 4. The largest absolute Gasteiger partial charge is 0.478 e. The number of carboxylic acid groups (broad SMARTS) is 1. The van der Waals surface area contributed by atoms with Crippen molar-refractivity contribution in [2.24, 2.45) is 30.0 Å². The second-order valence-corrected chi connectivity index (χ2v) is 25.9. The molecule has 0 aliphatic heterocycles. The van der Waals surface area contributed by atoms with E-state index in [0.29, 0.717) is 16.9 Å². The molecule has 1 aromatic heterocycles. The van der Waals surface area contributed by atoms with Crippen LogP contribution in [0.5, 0.6) is 0 Å². The first-order chi connectivity index (χ1) is 43.8. The van der Waals surface area contributed by atoms with Crippen molar-refractivity contribution in [2.75, 3.05) is 30.9 Å². The van der Waals surface area contributed by atoms with E-state index in [2.05, 4.69) is 43.8 Å². The number of likely N-dealkylation sites (N-methyl/N-ethyl adjacent to an activating group) is 2. The van der Waals surface area contributed by atoms with E-state index in [-0.39, 0.29) is 81.1 Å². The lowest BCUT2D eigenvalue weighted by Gasteiger charge is -2.39. The van der Waals surface area contributed by atoms with Gasteiger partial charge in [0.2, 0.25) is 35.4 Å². The number of hydrogen-bond acceptors (Lipinski definition) is 11. The number of carboxylic acids is 1. The highest BCUT2D eigenvalue weighted by molar-refractivity contribution is 6.00. The van der Waals surface area contributed by atoms with Crippen molar-refractivity contribution in [1.82, 2.24) is 41.4 Å². The molecule has 5 aromatic rings. The molecule has 0 aliphatic rings. The average molecular weight is 1280 g/mol. The molecule has 22 nitrogen and oxygen atoms in total. The van der Waals surface area contributed by atoms with Crippen molar-refractivity contribution in [1.29, 1.82) is 0 Å². The number of urea groups is 1. The fraction of sp³-hybridized carbons (Fsp3) is 0.451. The van der Waals surface area contributed by atoms with Gasteiger partial charge >= 0.3 is 18.1 Å². The first kappa shape index (κ1) is 74.4. The van der Waals surface area contributed by atoms with Crippen molar-refractivity contribution in [2.45, 2.75) is 164 Å². The number of ether oxygens (including phenoxy) is 1. The molecule has 502 valence electrons. The van der Waals surface area contributed by atoms with Crippen LogP contribution in [0.2, 0.25) is 0 Å². The molecule has 10 N–H and O–H groups in total. The van der Waals surface area contributed by atoms with E-state index < -0.39 is 82.8 Å². The molecule has 0 fully saturated rings. The summed E-state index contributed by atoms with van der Waals surface area (Å²) in [5, 5.41) is 30.4. The third-order valence-corrected chi connectivity index (χ3v) is 16.7. The van der Waals surface area contributed by atoms with Crippen LogP contribution in [0, 0.1) is 17.3 Å². The standard InChI is InChI=1S/C71H97N11O11/c1-16-48-23-18-19-25-50(48)40-82(55-27-21-20-24-49(55)17-2)59(84)35-34-58(83)78-60(44(5)6)64(86)77-54(26-22-36-74-68(72)91)63(85)76-51-31-28-46(29-32-51)42-93-69(92)75-39-47-30-33-52-53(41-80(14)57(52)38-47)71(11,12)61(73-13)65(87)79-62(70(8,9)10)66(88)81(15)56(43(3)4)37-45(7)67(89)90/h17-21,23-25,27-33,37-38,41,43-44,54,56,60-62,73H,2,16,22,26,34-36,39-40,42H2,1,3-15H3,(H,75,92)(H,76,85)(H,77,86)(H,78,83)(H,79,87)(H,89,90)(H3,72,74,91)/b45-37+/t54-,56+,60-,61?,62+/m0/s1. The van der Waals surface area contributed by atoms with Crippen molar-refractivity contribution in [3.05, 3.63) is 149 Å². The molecule has 0 spiro atoms. The van der Waals surface area contributed by atoms with Crippen LogP contribution in [0.4, 0.5) is 21.0 Å². The summed E-state index contributed by atoms with van der Waals surface area (Å²) >= 11 is 0. The number of aromatic nitrogens is 1. The Balaban J connectivity index is 1.19. The molecule has 0 radical (unpaired) electrons. The number of primary amides is 1. The summed E-state index contributed by atoms with van der Waals surface area (Å²) in [6.45, 7) is 24.7. The third-order valence-electron chi connectivity index (χ3n) is 16.7. The number of nitrogens with two attached hydrogens (primary N) is 1. The van der Waals surface area contributed by atoms with Crippen LogP contribution in [0.15, 0.2) is 115 Å². The number of amides is 9. The zero-order valence-electron chi connectivity index (χ0n) is 56.5. The summed E-state index contributed by atoms with van der Waals surface area (Å²) in [5.41, 5.74) is 10.8. The lowest BCUT2D eigenvalue weighted by atomic mass is 9.76. The minimum Gasteiger partial charge on any atom is -0.478 e. The highest BCUT2D eigenvalue weighted by Crippen LogP contribution is 2.36. The van der Waals surface area contributed by atoms with E-state index in [9.17, 15) is 48.3 Å². The van der Waals surface area contributed by atoms with Crippen molar-refractivity contribution in [3.8, 4) is 0 Å². The molecular weight excluding hydrogens is 1180 g/mol. The number of nitrogens with one attached hydrogen (secondary N) is 7. The maximum absolute atomic E-state index is 14.4. The van der Waals surface area contributed by atoms with Crippen molar-refractivity contribution >= 4 is 81.9 Å². The summed E-state index contributed by atoms with van der Waals surface area (Å²) < 4.78 is 7.51. The predicted octanol–water partition coefficient (Wildman–Crippen LogP) is 8.75. The Morgan fingerprint density at radius 3 is 2.02 bits per heavy atom. The van der Waals surface area contributed by atoms with E-state index in [1.807, 2.05) is 140 Å². The maximum atomic E-state index is 14.4. The number of aliphatic carboxylic acids is 1. The second-order valence-electron chi connectivity index (χ2n) is 25.9. The van der Waals surface area contributed by atoms with Crippen LogP contribution >= 0.6 is 0 Å². The lowest BCUT2D eigenvalue weighted by Crippen LogP contribution is -2.61. The average Bonchev–Trinajstić information content (AvgIpc) is 1.65. The summed E-state index contributed by atoms with van der Waals surface area (Å²) in [5.74, 6) is -4.37. The van der Waals surface area contributed by atoms with E-state index in [1.54, 1.807) is 69.3 Å². The van der Waals surface area contributed by atoms with Crippen LogP contribution in [0.1, 0.15) is 135 Å². The van der Waals surface area contributed by atoms with Gasteiger partial charge < -0.3 is 67.2 Å². The van der Waals surface area contributed by atoms with Crippen molar-refractivity contribution in [3.63, 3.8) is 0 Å². The number of alkyl carbamates (subject to hydrolysis) is 1. The normalized spacial score (nSPS) is 13.4. The number of carbonyl (C=O) groups excluding carboxylic acids is 8. The highest BCUT2D eigenvalue weighted by Gasteiger charge is 2.43. The lowest BCUT2D eigenvalue weighted by molar-refractivity contribution is -0.141. The molecule has 9 amide bonds. The molecule has 5 atom stereocenters. The number of carbonyl (C=O) groups is 9. The van der Waals surface area contributed by atoms with Crippen LogP contribution in [-0.4, -0.2) is 119 Å². The Morgan fingerprint density at radius 2 is 1.42 bits per heavy atom. The van der Waals surface area contributed by atoms with Gasteiger partial charge in [0.15, 0.2) is 0 Å². The number of para-hydroxylation sites is 1. The Kier molecular flexibility index (Phi) is 27.1. The Morgan fingerprint density at radius 1 is 0.774 bits per heavy atom. The summed E-state index contributed by atoms with van der Waals surface area (Å²) in [6.07, 6.45) is 5.28. The molecule has 0 saturated heterocycles. The number of aryl methyl sites for hydroxylation is 2. The van der Waals surface area contributed by atoms with Gasteiger partial charge in [-0.15, -0.1) is 0 Å². The number of hydrogen-bond donors (Lipinski definition) is 9. The Bertz CT molecular complexity index is 3510. The van der Waals surface area contributed by atoms with Gasteiger partial charge in [0.1, 0.15) is 24.7 Å². The number of nitrogens with zero attached hydrogens (tertiary/aromatic N) is 3. The minimum atomic E-state index is -1.12. The molecule has 1 heterocycles. The molecule has 0 aliphatic carbocycles. The van der Waals surface area contributed by atoms with E-state index >= 15 is 0 Å². The third kappa shape index (κ3) is 20.6. The zero-order chi connectivity index (χ0) is 69.1. The topological polar surface area (TPSA) is 305 Å². The SMILES string of the molecule is C=Cc1ccccc1N(Cc1ccccc1CC)C(=O)CCC(=O)N[C@H](C(=O)N[C@@H](CCCNC(N)=O)C(=O)Nc1ccc(COC(=O)NCc2ccc3c(C(C)(C)C(NC)C(=O)N[C@H](C(=O)N(C)[C@H](/C=C(\C)C(=O)O)C(C)C)C(C)(C)C)cn(C)c3c2)cc1)C(C)C. The summed E-state index contributed by atoms with van der Waals surface area (Å²) in [4.78, 5) is 124. The minimum absolute atomic E-state index is 0.0900. The van der Waals surface area contributed by atoms with Gasteiger partial charge in [-0.2, -0.15) is 0 Å². The predicted molar refractivity (Wildman–Crippen MR) is 363 cm³/mol. The van der Waals surface area contributed by atoms with Gasteiger partial charge in [0.05, 0.1) is 24.3 Å². The van der Waals surface area contributed by atoms with Gasteiger partial charge in [-0.25, -0.2) is 14.4 Å². The molecule has 0 bridgehead atoms. The van der Waals surface area contributed by atoms with Crippen LogP contribution < -0.4 is 47.9 Å². The molecule has 93 heavy (non-hydrogen) atoms. The Labute approximate surface area is 547 Å². The van der Waals surface area contributed by atoms with E-state index in [0.717, 1.165) is 45.1 Å². The van der Waals surface area contributed by atoms with Gasteiger partial charge in [-0.3, -0.25) is 28.8 Å². The molecule has 0 saturated carbocycles. The first-order valence-corrected chi connectivity index (χ1v) is 31.6. The molecular formula is C71H97N11O11. The molecule has 1 unspecified atom stereocenters. The first-order valence-electron chi connectivity index (χ1n) is 31.6.